The predicted octanol–water partition coefficient (Wildman–Crippen LogP) is 4.21. The van der Waals surface area contributed by atoms with Gasteiger partial charge in [0, 0.05) is 38.3 Å². The molecule has 7 nitrogen and oxygen atoms in total. The number of hydrogen-bond donors (Lipinski definition) is 2. The number of anilines is 2. The number of nitrogens with zero attached hydrogens (tertiary/aromatic N) is 4. The average molecular weight is 451 g/mol. The predicted molar refractivity (Wildman–Crippen MR) is 132 cm³/mol. The van der Waals surface area contributed by atoms with E-state index < -0.39 is 0 Å². The number of amides is 1. The van der Waals surface area contributed by atoms with Crippen LogP contribution in [0.15, 0.2) is 47.6 Å². The van der Waals surface area contributed by atoms with Gasteiger partial charge in [0.15, 0.2) is 0 Å². The van der Waals surface area contributed by atoms with Crippen molar-refractivity contribution < 1.29 is 4.79 Å². The Kier molecular flexibility index (Phi) is 7.09. The lowest BCUT2D eigenvalue weighted by molar-refractivity contribution is 0.0919. The largest absolute Gasteiger partial charge is 0.362 e. The lowest BCUT2D eigenvalue weighted by atomic mass is 9.86. The second kappa shape index (κ2) is 10.2. The number of benzene rings is 1. The van der Waals surface area contributed by atoms with E-state index >= 15 is 0 Å². The minimum Gasteiger partial charge on any atom is -0.362 e. The third kappa shape index (κ3) is 5.12. The minimum absolute atomic E-state index is 0.0233. The molecule has 0 radical (unpaired) electrons. The van der Waals surface area contributed by atoms with Crippen LogP contribution in [0.5, 0.6) is 0 Å². The Balaban J connectivity index is 1.31. The van der Waals surface area contributed by atoms with Crippen LogP contribution in [-0.4, -0.2) is 53.8 Å². The molecule has 1 aromatic carbocycles. The fourth-order valence-corrected chi connectivity index (χ4v) is 4.76. The zero-order valence-electron chi connectivity index (χ0n) is 18.8. The number of nitrogens with one attached hydrogen (secondary N) is 2. The monoisotopic (exact) mass is 450 g/mol. The van der Waals surface area contributed by atoms with Crippen LogP contribution in [0.1, 0.15) is 36.0 Å². The van der Waals surface area contributed by atoms with Gasteiger partial charge in [-0.05, 0) is 62.1 Å². The van der Waals surface area contributed by atoms with E-state index in [4.69, 9.17) is 9.97 Å². The van der Waals surface area contributed by atoms with Crippen LogP contribution in [-0.2, 0) is 0 Å². The Hall–Kier alpha value is -2.87. The SMILES string of the molecule is CSc1ncccc1C(=O)NC1CCC(CNc2nc(N(C)C)c3ccccc3n2)CC1. The van der Waals surface area contributed by atoms with Gasteiger partial charge >= 0.3 is 0 Å². The maximum Gasteiger partial charge on any atom is 0.254 e. The molecule has 1 fully saturated rings. The summed E-state index contributed by atoms with van der Waals surface area (Å²) in [5.41, 5.74) is 1.61. The fourth-order valence-electron chi connectivity index (χ4n) is 4.22. The van der Waals surface area contributed by atoms with E-state index in [1.54, 1.807) is 6.20 Å². The topological polar surface area (TPSA) is 83.0 Å². The van der Waals surface area contributed by atoms with Crippen LogP contribution < -0.4 is 15.5 Å². The van der Waals surface area contributed by atoms with Crippen molar-refractivity contribution in [2.24, 2.45) is 5.92 Å². The molecular formula is C24H30N6OS. The van der Waals surface area contributed by atoms with Crippen molar-refractivity contribution in [1.29, 1.82) is 0 Å². The highest BCUT2D eigenvalue weighted by molar-refractivity contribution is 7.98. The summed E-state index contributed by atoms with van der Waals surface area (Å²) in [6.45, 7) is 0.838. The van der Waals surface area contributed by atoms with Crippen LogP contribution >= 0.6 is 11.8 Å². The molecule has 0 saturated heterocycles. The molecule has 0 atom stereocenters. The Labute approximate surface area is 193 Å². The Morgan fingerprint density at radius 2 is 1.88 bits per heavy atom. The van der Waals surface area contributed by atoms with Gasteiger partial charge in [0.1, 0.15) is 10.8 Å². The average Bonchev–Trinajstić information content (AvgIpc) is 2.82. The maximum absolute atomic E-state index is 12.7. The summed E-state index contributed by atoms with van der Waals surface area (Å²) < 4.78 is 0. The molecule has 168 valence electrons. The van der Waals surface area contributed by atoms with Gasteiger partial charge in [0.2, 0.25) is 5.95 Å². The first-order valence-corrected chi connectivity index (χ1v) is 12.3. The van der Waals surface area contributed by atoms with Gasteiger partial charge in [-0.2, -0.15) is 4.98 Å². The first kappa shape index (κ1) is 22.3. The van der Waals surface area contributed by atoms with Gasteiger partial charge < -0.3 is 15.5 Å². The molecule has 32 heavy (non-hydrogen) atoms. The molecule has 4 rings (SSSR count). The van der Waals surface area contributed by atoms with Crippen LogP contribution in [0.4, 0.5) is 11.8 Å². The van der Waals surface area contributed by atoms with Crippen molar-refractivity contribution >= 4 is 40.3 Å². The summed E-state index contributed by atoms with van der Waals surface area (Å²) in [5.74, 6) is 2.11. The number of carbonyl (C=O) groups is 1. The third-order valence-electron chi connectivity index (χ3n) is 5.95. The highest BCUT2D eigenvalue weighted by Crippen LogP contribution is 2.27. The molecule has 1 aliphatic carbocycles. The van der Waals surface area contributed by atoms with Gasteiger partial charge in [0.05, 0.1) is 11.1 Å². The summed E-state index contributed by atoms with van der Waals surface area (Å²) in [7, 11) is 4.00. The van der Waals surface area contributed by atoms with E-state index in [1.807, 2.05) is 55.6 Å². The van der Waals surface area contributed by atoms with Gasteiger partial charge in [-0.25, -0.2) is 9.97 Å². The lowest BCUT2D eigenvalue weighted by Crippen LogP contribution is -2.38. The smallest absolute Gasteiger partial charge is 0.254 e. The number of fused-ring (bicyclic) bond motifs is 1. The van der Waals surface area contributed by atoms with E-state index in [9.17, 15) is 4.79 Å². The molecule has 3 aromatic rings. The van der Waals surface area contributed by atoms with E-state index in [-0.39, 0.29) is 11.9 Å². The first-order valence-electron chi connectivity index (χ1n) is 11.0. The third-order valence-corrected chi connectivity index (χ3v) is 6.66. The normalized spacial score (nSPS) is 18.3. The molecule has 0 spiro atoms. The van der Waals surface area contributed by atoms with E-state index in [0.29, 0.717) is 17.4 Å². The van der Waals surface area contributed by atoms with Crippen molar-refractivity contribution in [2.75, 3.05) is 37.1 Å². The zero-order valence-corrected chi connectivity index (χ0v) is 19.7. The molecule has 2 heterocycles. The number of hydrogen-bond acceptors (Lipinski definition) is 7. The molecule has 0 bridgehead atoms. The lowest BCUT2D eigenvalue weighted by Gasteiger charge is -2.29. The summed E-state index contributed by atoms with van der Waals surface area (Å²) >= 11 is 1.50. The van der Waals surface area contributed by atoms with Gasteiger partial charge in [-0.15, -0.1) is 11.8 Å². The van der Waals surface area contributed by atoms with Crippen LogP contribution in [0.3, 0.4) is 0 Å². The van der Waals surface area contributed by atoms with Crippen molar-refractivity contribution in [3.63, 3.8) is 0 Å². The standard InChI is InChI=1S/C24H30N6OS/c1-30(2)21-18-7-4-5-9-20(18)28-24(29-21)26-15-16-10-12-17(13-11-16)27-22(31)19-8-6-14-25-23(19)32-3/h4-9,14,16-17H,10-13,15H2,1-3H3,(H,27,31)(H,26,28,29). The molecule has 1 aliphatic rings. The number of para-hydroxylation sites is 1. The summed E-state index contributed by atoms with van der Waals surface area (Å²) in [4.78, 5) is 28.4. The minimum atomic E-state index is -0.0233. The van der Waals surface area contributed by atoms with Crippen molar-refractivity contribution in [2.45, 2.75) is 36.8 Å². The molecule has 0 unspecified atom stereocenters. The van der Waals surface area contributed by atoms with E-state index in [2.05, 4.69) is 21.7 Å². The fraction of sp³-hybridized carbons (Fsp3) is 0.417. The number of aromatic nitrogens is 3. The van der Waals surface area contributed by atoms with Crippen molar-refractivity contribution in [3.8, 4) is 0 Å². The number of thioether (sulfide) groups is 1. The Morgan fingerprint density at radius 1 is 1.09 bits per heavy atom. The molecule has 0 aliphatic heterocycles. The van der Waals surface area contributed by atoms with Crippen LogP contribution in [0.2, 0.25) is 0 Å². The number of carbonyl (C=O) groups excluding carboxylic acids is 1. The van der Waals surface area contributed by atoms with Gasteiger partial charge in [-0.3, -0.25) is 4.79 Å². The maximum atomic E-state index is 12.7. The highest BCUT2D eigenvalue weighted by atomic mass is 32.2. The molecule has 1 amide bonds. The van der Waals surface area contributed by atoms with Gasteiger partial charge in [-0.1, -0.05) is 12.1 Å². The second-order valence-electron chi connectivity index (χ2n) is 8.41. The van der Waals surface area contributed by atoms with Gasteiger partial charge in [0.25, 0.3) is 5.91 Å². The first-order chi connectivity index (χ1) is 15.5. The zero-order chi connectivity index (χ0) is 22.5. The van der Waals surface area contributed by atoms with E-state index in [0.717, 1.165) is 54.0 Å². The summed E-state index contributed by atoms with van der Waals surface area (Å²) in [6, 6.07) is 12.0. The van der Waals surface area contributed by atoms with Crippen molar-refractivity contribution in [1.82, 2.24) is 20.3 Å². The Morgan fingerprint density at radius 3 is 2.62 bits per heavy atom. The molecule has 8 heteroatoms. The molecule has 1 saturated carbocycles. The molecule has 2 N–H and O–H groups in total. The van der Waals surface area contributed by atoms with Crippen molar-refractivity contribution in [3.05, 3.63) is 48.2 Å². The van der Waals surface area contributed by atoms with Crippen LogP contribution in [0, 0.1) is 5.92 Å². The van der Waals surface area contributed by atoms with Crippen LogP contribution in [0.25, 0.3) is 10.9 Å². The summed E-state index contributed by atoms with van der Waals surface area (Å²) in [6.07, 6.45) is 7.76. The highest BCUT2D eigenvalue weighted by Gasteiger charge is 2.24. The molecular weight excluding hydrogens is 420 g/mol. The van der Waals surface area contributed by atoms with E-state index in [1.165, 1.54) is 11.8 Å². The quantitative estimate of drug-likeness (QED) is 0.522. The second-order valence-corrected chi connectivity index (χ2v) is 9.21. The molecule has 2 aromatic heterocycles. The Bertz CT molecular complexity index is 1080. The number of pyridine rings is 1. The summed E-state index contributed by atoms with van der Waals surface area (Å²) in [5, 5.41) is 8.48. The number of rotatable bonds is 7.